The fraction of sp³-hybridized carbons (Fsp3) is 0.316. The molecular formula is C19H20ClN3O3. The van der Waals surface area contributed by atoms with E-state index in [2.05, 4.69) is 10.3 Å². The van der Waals surface area contributed by atoms with Crippen molar-refractivity contribution in [2.24, 2.45) is 0 Å². The van der Waals surface area contributed by atoms with Crippen molar-refractivity contribution in [3.8, 4) is 5.75 Å². The molecule has 26 heavy (non-hydrogen) atoms. The molecule has 1 N–H and O–H groups in total. The number of benzene rings is 1. The predicted octanol–water partition coefficient (Wildman–Crippen LogP) is 2.78. The number of aromatic nitrogens is 1. The first-order chi connectivity index (χ1) is 12.6. The third-order valence-corrected chi connectivity index (χ3v) is 4.67. The van der Waals surface area contributed by atoms with Crippen LogP contribution in [0.15, 0.2) is 42.7 Å². The molecule has 1 aliphatic heterocycles. The Morgan fingerprint density at radius 2 is 2.04 bits per heavy atom. The molecule has 0 spiro atoms. The maximum Gasteiger partial charge on any atom is 0.255 e. The van der Waals surface area contributed by atoms with Crippen LogP contribution in [0.25, 0.3) is 0 Å². The first kappa shape index (κ1) is 18.2. The molecule has 1 fully saturated rings. The van der Waals surface area contributed by atoms with Gasteiger partial charge in [0.05, 0.1) is 18.2 Å². The molecule has 136 valence electrons. The molecule has 2 aromatic rings. The number of hydrogen-bond acceptors (Lipinski definition) is 4. The van der Waals surface area contributed by atoms with Crippen molar-refractivity contribution in [3.05, 3.63) is 58.9 Å². The molecule has 6 nitrogen and oxygen atoms in total. The summed E-state index contributed by atoms with van der Waals surface area (Å²) in [4.78, 5) is 30.8. The number of halogens is 1. The van der Waals surface area contributed by atoms with E-state index in [0.717, 1.165) is 0 Å². The summed E-state index contributed by atoms with van der Waals surface area (Å²) in [7, 11) is 1.52. The summed E-state index contributed by atoms with van der Waals surface area (Å²) < 4.78 is 5.23. The van der Waals surface area contributed by atoms with Crippen molar-refractivity contribution in [2.75, 3.05) is 20.2 Å². The van der Waals surface area contributed by atoms with Gasteiger partial charge in [-0.25, -0.2) is 0 Å². The van der Waals surface area contributed by atoms with Crippen LogP contribution in [0.4, 0.5) is 0 Å². The lowest BCUT2D eigenvalue weighted by molar-refractivity contribution is 0.0697. The number of likely N-dealkylation sites (tertiary alicyclic amines) is 1. The van der Waals surface area contributed by atoms with Crippen LogP contribution >= 0.6 is 11.6 Å². The first-order valence-corrected chi connectivity index (χ1v) is 8.80. The van der Waals surface area contributed by atoms with Gasteiger partial charge in [-0.3, -0.25) is 14.6 Å². The van der Waals surface area contributed by atoms with Gasteiger partial charge in [0.25, 0.3) is 11.8 Å². The first-order valence-electron chi connectivity index (χ1n) is 8.42. The fourth-order valence-electron chi connectivity index (χ4n) is 3.02. The Morgan fingerprint density at radius 1 is 1.27 bits per heavy atom. The van der Waals surface area contributed by atoms with Crippen LogP contribution in [0, 0.1) is 0 Å². The van der Waals surface area contributed by atoms with Gasteiger partial charge in [-0.2, -0.15) is 0 Å². The Kier molecular flexibility index (Phi) is 5.73. The summed E-state index contributed by atoms with van der Waals surface area (Å²) in [6, 6.07) is 8.46. The number of nitrogens with one attached hydrogen (secondary N) is 1. The average molecular weight is 374 g/mol. The largest absolute Gasteiger partial charge is 0.496 e. The van der Waals surface area contributed by atoms with E-state index < -0.39 is 0 Å². The van der Waals surface area contributed by atoms with Gasteiger partial charge in [-0.15, -0.1) is 0 Å². The second-order valence-electron chi connectivity index (χ2n) is 6.13. The van der Waals surface area contributed by atoms with Crippen LogP contribution in [0.1, 0.15) is 33.6 Å². The lowest BCUT2D eigenvalue weighted by Crippen LogP contribution is -2.46. The molecule has 3 rings (SSSR count). The van der Waals surface area contributed by atoms with Gasteiger partial charge >= 0.3 is 0 Å². The molecule has 0 bridgehead atoms. The van der Waals surface area contributed by atoms with E-state index in [-0.39, 0.29) is 17.9 Å². The molecule has 2 heterocycles. The molecular weight excluding hydrogens is 354 g/mol. The van der Waals surface area contributed by atoms with Crippen LogP contribution < -0.4 is 10.1 Å². The van der Waals surface area contributed by atoms with Crippen molar-refractivity contribution < 1.29 is 14.3 Å². The quantitative estimate of drug-likeness (QED) is 0.894. The zero-order valence-corrected chi connectivity index (χ0v) is 15.2. The lowest BCUT2D eigenvalue weighted by Gasteiger charge is -2.32. The van der Waals surface area contributed by atoms with Gasteiger partial charge in [0.1, 0.15) is 5.75 Å². The SMILES string of the molecule is COc1ccc(Cl)cc1C(=O)NC1CCN(C(=O)c2cccnc2)CC1. The van der Waals surface area contributed by atoms with Crippen LogP contribution in [0.2, 0.25) is 5.02 Å². The van der Waals surface area contributed by atoms with E-state index >= 15 is 0 Å². The Bertz CT molecular complexity index is 790. The van der Waals surface area contributed by atoms with Crippen molar-refractivity contribution >= 4 is 23.4 Å². The molecule has 0 radical (unpaired) electrons. The monoisotopic (exact) mass is 373 g/mol. The van der Waals surface area contributed by atoms with Crippen LogP contribution in [-0.2, 0) is 0 Å². The Balaban J connectivity index is 1.58. The summed E-state index contributed by atoms with van der Waals surface area (Å²) >= 11 is 5.99. The standard InChI is InChI=1S/C19H20ClN3O3/c1-26-17-5-4-14(20)11-16(17)18(24)22-15-6-9-23(10-7-15)19(25)13-3-2-8-21-12-13/h2-5,8,11-12,15H,6-7,9-10H2,1H3,(H,22,24). The average Bonchev–Trinajstić information content (AvgIpc) is 2.68. The molecule has 7 heteroatoms. The van der Waals surface area contributed by atoms with E-state index in [0.29, 0.717) is 47.8 Å². The number of nitrogens with zero attached hydrogens (tertiary/aromatic N) is 2. The minimum Gasteiger partial charge on any atom is -0.496 e. The highest BCUT2D eigenvalue weighted by molar-refractivity contribution is 6.31. The molecule has 0 aliphatic carbocycles. The Morgan fingerprint density at radius 3 is 2.69 bits per heavy atom. The number of methoxy groups -OCH3 is 1. The molecule has 1 aliphatic rings. The van der Waals surface area contributed by atoms with Crippen molar-refractivity contribution in [1.82, 2.24) is 15.2 Å². The Labute approximate surface area is 157 Å². The number of carbonyl (C=O) groups excluding carboxylic acids is 2. The van der Waals surface area contributed by atoms with Crippen molar-refractivity contribution in [2.45, 2.75) is 18.9 Å². The molecule has 2 amide bonds. The summed E-state index contributed by atoms with van der Waals surface area (Å²) in [6.45, 7) is 1.18. The predicted molar refractivity (Wildman–Crippen MR) is 98.6 cm³/mol. The van der Waals surface area contributed by atoms with E-state index in [4.69, 9.17) is 16.3 Å². The van der Waals surface area contributed by atoms with E-state index in [1.165, 1.54) is 7.11 Å². The smallest absolute Gasteiger partial charge is 0.255 e. The third kappa shape index (κ3) is 4.14. The summed E-state index contributed by atoms with van der Waals surface area (Å²) in [6.07, 6.45) is 4.60. The maximum absolute atomic E-state index is 12.5. The second-order valence-corrected chi connectivity index (χ2v) is 6.56. The topological polar surface area (TPSA) is 71.5 Å². The third-order valence-electron chi connectivity index (χ3n) is 4.43. The maximum atomic E-state index is 12.5. The number of rotatable bonds is 4. The number of ether oxygens (including phenoxy) is 1. The highest BCUT2D eigenvalue weighted by Crippen LogP contribution is 2.23. The molecule has 0 unspecified atom stereocenters. The summed E-state index contributed by atoms with van der Waals surface area (Å²) in [5, 5.41) is 3.49. The van der Waals surface area contributed by atoms with Gasteiger partial charge in [-0.05, 0) is 43.2 Å². The van der Waals surface area contributed by atoms with Gasteiger partial charge in [0, 0.05) is 36.5 Å². The number of hydrogen-bond donors (Lipinski definition) is 1. The number of pyridine rings is 1. The molecule has 0 saturated carbocycles. The van der Waals surface area contributed by atoms with E-state index in [9.17, 15) is 9.59 Å². The minimum atomic E-state index is -0.221. The van der Waals surface area contributed by atoms with Crippen molar-refractivity contribution in [1.29, 1.82) is 0 Å². The van der Waals surface area contributed by atoms with Crippen LogP contribution in [-0.4, -0.2) is 47.9 Å². The highest BCUT2D eigenvalue weighted by atomic mass is 35.5. The normalized spacial score (nSPS) is 14.8. The zero-order chi connectivity index (χ0) is 18.5. The summed E-state index contributed by atoms with van der Waals surface area (Å²) in [5.74, 6) is 0.233. The Hall–Kier alpha value is -2.60. The summed E-state index contributed by atoms with van der Waals surface area (Å²) in [5.41, 5.74) is 0.993. The van der Waals surface area contributed by atoms with Crippen LogP contribution in [0.3, 0.4) is 0 Å². The highest BCUT2D eigenvalue weighted by Gasteiger charge is 2.25. The fourth-order valence-corrected chi connectivity index (χ4v) is 3.19. The van der Waals surface area contributed by atoms with Gasteiger partial charge in [0.2, 0.25) is 0 Å². The number of carbonyl (C=O) groups is 2. The van der Waals surface area contributed by atoms with E-state index in [1.54, 1.807) is 47.6 Å². The second kappa shape index (κ2) is 8.19. The number of amides is 2. The van der Waals surface area contributed by atoms with Gasteiger partial charge in [-0.1, -0.05) is 11.6 Å². The van der Waals surface area contributed by atoms with Crippen LogP contribution in [0.5, 0.6) is 5.75 Å². The molecule has 1 saturated heterocycles. The number of piperidine rings is 1. The van der Waals surface area contributed by atoms with Crippen molar-refractivity contribution in [3.63, 3.8) is 0 Å². The lowest BCUT2D eigenvalue weighted by atomic mass is 10.0. The minimum absolute atomic E-state index is 0.00383. The van der Waals surface area contributed by atoms with Gasteiger partial charge < -0.3 is 15.0 Å². The molecule has 1 aromatic carbocycles. The molecule has 1 aromatic heterocycles. The molecule has 0 atom stereocenters. The zero-order valence-electron chi connectivity index (χ0n) is 14.4. The van der Waals surface area contributed by atoms with E-state index in [1.807, 2.05) is 0 Å². The van der Waals surface area contributed by atoms with Gasteiger partial charge in [0.15, 0.2) is 0 Å².